The molecule has 5 nitrogen and oxygen atoms in total. The number of hydrogen-bond acceptors (Lipinski definition) is 4. The summed E-state index contributed by atoms with van der Waals surface area (Å²) in [7, 11) is 1.63. The highest BCUT2D eigenvalue weighted by atomic mass is 35.5. The van der Waals surface area contributed by atoms with Crippen LogP contribution in [0.5, 0.6) is 0 Å². The third kappa shape index (κ3) is 5.48. The van der Waals surface area contributed by atoms with E-state index in [1.54, 1.807) is 18.3 Å². The van der Waals surface area contributed by atoms with Crippen molar-refractivity contribution in [1.29, 1.82) is 0 Å². The largest absolute Gasteiger partial charge is 0.416 e. The molecule has 0 amide bonds. The predicted molar refractivity (Wildman–Crippen MR) is 125 cm³/mol. The molecule has 1 atom stereocenters. The lowest BCUT2D eigenvalue weighted by Crippen LogP contribution is -2.34. The number of hydrazone groups is 1. The predicted octanol–water partition coefficient (Wildman–Crippen LogP) is 5.84. The number of hydrogen-bond donors (Lipinski definition) is 1. The normalized spacial score (nSPS) is 16.6. The number of guanidine groups is 1. The van der Waals surface area contributed by atoms with Crippen molar-refractivity contribution in [2.24, 2.45) is 10.1 Å². The number of benzene rings is 2. The zero-order valence-corrected chi connectivity index (χ0v) is 19.0. The average molecular weight is 490 g/mol. The Bertz CT molecular complexity index is 1150. The monoisotopic (exact) mass is 489 g/mol. The molecule has 0 spiro atoms. The summed E-state index contributed by atoms with van der Waals surface area (Å²) < 4.78 is 41.5. The van der Waals surface area contributed by atoms with Gasteiger partial charge in [-0.2, -0.15) is 18.3 Å². The van der Waals surface area contributed by atoms with E-state index in [1.165, 1.54) is 24.1 Å². The second kappa shape index (κ2) is 9.84. The van der Waals surface area contributed by atoms with Crippen LogP contribution in [0.25, 0.3) is 0 Å². The zero-order valence-electron chi connectivity index (χ0n) is 17.4. The van der Waals surface area contributed by atoms with Crippen LogP contribution < -0.4 is 4.72 Å². The van der Waals surface area contributed by atoms with Gasteiger partial charge < -0.3 is 0 Å². The van der Waals surface area contributed by atoms with Crippen LogP contribution >= 0.6 is 23.5 Å². The summed E-state index contributed by atoms with van der Waals surface area (Å²) >= 11 is 7.22. The molecule has 0 aliphatic carbocycles. The van der Waals surface area contributed by atoms with Crippen molar-refractivity contribution in [3.8, 4) is 0 Å². The average Bonchev–Trinajstić information content (AvgIpc) is 3.25. The first-order chi connectivity index (χ1) is 15.8. The summed E-state index contributed by atoms with van der Waals surface area (Å²) in [5.74, 6) is 0.437. The lowest BCUT2D eigenvalue weighted by atomic mass is 9.92. The number of alkyl halides is 3. The van der Waals surface area contributed by atoms with E-state index in [0.29, 0.717) is 22.4 Å². The number of nitrogens with one attached hydrogen (secondary N) is 1. The maximum Gasteiger partial charge on any atom is 0.416 e. The Balaban J connectivity index is 1.54. The van der Waals surface area contributed by atoms with Crippen LogP contribution in [0, 0.1) is 0 Å². The van der Waals surface area contributed by atoms with Crippen molar-refractivity contribution in [3.63, 3.8) is 0 Å². The number of rotatable bonds is 4. The molecular formula is C23H19ClF3N5S. The van der Waals surface area contributed by atoms with Gasteiger partial charge in [-0.1, -0.05) is 29.8 Å². The summed E-state index contributed by atoms with van der Waals surface area (Å²) in [6.07, 6.45) is -0.834. The van der Waals surface area contributed by atoms with Gasteiger partial charge in [0.2, 0.25) is 5.96 Å². The number of pyridine rings is 1. The molecule has 4 rings (SSSR count). The standard InChI is InChI=1S/C23H19ClF3N5S/c1-28-22(31-33-19-10-6-17(7-11-19)23(25,26)27)32-14-20(16-3-2-12-29-13-16)21(30-32)15-4-8-18(24)9-5-15/h2-13,20H,14H2,1H3,(H,28,31). The zero-order chi connectivity index (χ0) is 23.4. The Morgan fingerprint density at radius 1 is 1.12 bits per heavy atom. The molecule has 1 aromatic heterocycles. The van der Waals surface area contributed by atoms with Crippen molar-refractivity contribution in [2.75, 3.05) is 13.6 Å². The number of aliphatic imine (C=N–C) groups is 1. The van der Waals surface area contributed by atoms with E-state index in [0.717, 1.165) is 29.0 Å². The molecule has 0 fully saturated rings. The highest BCUT2D eigenvalue weighted by Gasteiger charge is 2.32. The molecular weight excluding hydrogens is 471 g/mol. The minimum atomic E-state index is -4.36. The Hall–Kier alpha value is -3.04. The third-order valence-electron chi connectivity index (χ3n) is 5.04. The van der Waals surface area contributed by atoms with Crippen molar-refractivity contribution in [2.45, 2.75) is 17.0 Å². The van der Waals surface area contributed by atoms with E-state index < -0.39 is 11.7 Å². The molecule has 10 heteroatoms. The number of halogens is 4. The molecule has 2 heterocycles. The molecule has 1 unspecified atom stereocenters. The second-order valence-corrected chi connectivity index (χ2v) is 8.50. The van der Waals surface area contributed by atoms with Crippen molar-refractivity contribution >= 4 is 35.2 Å². The SMILES string of the molecule is CN=C(NSc1ccc(C(F)(F)F)cc1)N1CC(c2cccnc2)C(c2ccc(Cl)cc2)=N1. The fourth-order valence-corrected chi connectivity index (χ4v) is 4.19. The molecule has 0 saturated heterocycles. The van der Waals surface area contributed by atoms with E-state index in [1.807, 2.05) is 42.6 Å². The third-order valence-corrected chi connectivity index (χ3v) is 6.08. The van der Waals surface area contributed by atoms with Gasteiger partial charge in [-0.3, -0.25) is 14.7 Å². The topological polar surface area (TPSA) is 52.9 Å². The van der Waals surface area contributed by atoms with E-state index >= 15 is 0 Å². The fourth-order valence-electron chi connectivity index (χ4n) is 3.39. The van der Waals surface area contributed by atoms with E-state index in [2.05, 4.69) is 14.7 Å². The van der Waals surface area contributed by atoms with Gasteiger partial charge in [0.25, 0.3) is 0 Å². The summed E-state index contributed by atoms with van der Waals surface area (Å²) in [6, 6.07) is 16.3. The first kappa shape index (κ1) is 23.1. The second-order valence-electron chi connectivity index (χ2n) is 7.19. The molecule has 0 saturated carbocycles. The minimum Gasteiger partial charge on any atom is -0.295 e. The van der Waals surface area contributed by atoms with Gasteiger partial charge >= 0.3 is 6.18 Å². The van der Waals surface area contributed by atoms with Gasteiger partial charge in [-0.15, -0.1) is 0 Å². The van der Waals surface area contributed by atoms with Crippen LogP contribution in [0.15, 0.2) is 88.0 Å². The summed E-state index contributed by atoms with van der Waals surface area (Å²) in [6.45, 7) is 0.525. The smallest absolute Gasteiger partial charge is 0.295 e. The van der Waals surface area contributed by atoms with Crippen LogP contribution in [0.1, 0.15) is 22.6 Å². The van der Waals surface area contributed by atoms with Crippen LogP contribution in [0.4, 0.5) is 13.2 Å². The minimum absolute atomic E-state index is 0.0468. The molecule has 1 N–H and O–H groups in total. The molecule has 0 bridgehead atoms. The maximum absolute atomic E-state index is 12.8. The van der Waals surface area contributed by atoms with Gasteiger partial charge in [0, 0.05) is 35.3 Å². The number of nitrogens with zero attached hydrogens (tertiary/aromatic N) is 4. The van der Waals surface area contributed by atoms with Gasteiger partial charge in [-0.05, 0) is 65.5 Å². The summed E-state index contributed by atoms with van der Waals surface area (Å²) in [5.41, 5.74) is 2.11. The highest BCUT2D eigenvalue weighted by Crippen LogP contribution is 2.31. The maximum atomic E-state index is 12.8. The van der Waals surface area contributed by atoms with Crippen LogP contribution in [-0.4, -0.2) is 35.3 Å². The fraction of sp³-hybridized carbons (Fsp3) is 0.174. The van der Waals surface area contributed by atoms with Gasteiger partial charge in [0.1, 0.15) is 0 Å². The molecule has 0 radical (unpaired) electrons. The Morgan fingerprint density at radius 3 is 2.45 bits per heavy atom. The van der Waals surface area contributed by atoms with Crippen molar-refractivity contribution in [1.82, 2.24) is 14.7 Å². The highest BCUT2D eigenvalue weighted by molar-refractivity contribution is 7.98. The van der Waals surface area contributed by atoms with Gasteiger partial charge in [0.15, 0.2) is 0 Å². The molecule has 3 aromatic rings. The van der Waals surface area contributed by atoms with Gasteiger partial charge in [0.05, 0.1) is 17.8 Å². The van der Waals surface area contributed by atoms with Crippen LogP contribution in [-0.2, 0) is 6.18 Å². The molecule has 2 aromatic carbocycles. The Morgan fingerprint density at radius 2 is 1.85 bits per heavy atom. The van der Waals surface area contributed by atoms with Gasteiger partial charge in [-0.25, -0.2) is 5.01 Å². The van der Waals surface area contributed by atoms with Crippen LogP contribution in [0.3, 0.4) is 0 Å². The van der Waals surface area contributed by atoms with Crippen molar-refractivity contribution in [3.05, 3.63) is 94.8 Å². The van der Waals surface area contributed by atoms with Crippen LogP contribution in [0.2, 0.25) is 5.02 Å². The Labute approximate surface area is 198 Å². The lowest BCUT2D eigenvalue weighted by Gasteiger charge is -2.18. The quantitative estimate of drug-likeness (QED) is 0.284. The van der Waals surface area contributed by atoms with E-state index in [4.69, 9.17) is 16.7 Å². The molecule has 33 heavy (non-hydrogen) atoms. The number of aromatic nitrogens is 1. The molecule has 170 valence electrons. The molecule has 1 aliphatic rings. The summed E-state index contributed by atoms with van der Waals surface area (Å²) in [4.78, 5) is 9.16. The van der Waals surface area contributed by atoms with E-state index in [-0.39, 0.29) is 5.92 Å². The molecule has 1 aliphatic heterocycles. The van der Waals surface area contributed by atoms with E-state index in [9.17, 15) is 13.2 Å². The first-order valence-corrected chi connectivity index (χ1v) is 11.1. The first-order valence-electron chi connectivity index (χ1n) is 9.94. The lowest BCUT2D eigenvalue weighted by molar-refractivity contribution is -0.137. The van der Waals surface area contributed by atoms with Crippen molar-refractivity contribution < 1.29 is 13.2 Å². The Kier molecular flexibility index (Phi) is 6.90. The summed E-state index contributed by atoms with van der Waals surface area (Å²) in [5, 5.41) is 7.18.